The Balaban J connectivity index is 0.000000372. The van der Waals surface area contributed by atoms with E-state index >= 15 is 0 Å². The number of aromatic nitrogens is 3. The maximum absolute atomic E-state index is 4.48. The Kier molecular flexibility index (Phi) is 9.06. The molecule has 0 amide bonds. The standard InChI is InChI=1S/C15H10N3.C5H5.2ClH.Hf/c1-2-6-12-10-13(9-11(12)5-1)18-16-14-7-3-4-8-15(14)17-18;1-2-4-5-3-1;;;/h1-10H;1-3H,4H2;2*1H;/q2*-1;;;+4/p-2. The molecule has 0 radical (unpaired) electrons. The van der Waals surface area contributed by atoms with Gasteiger partial charge in [0.05, 0.1) is 0 Å². The van der Waals surface area contributed by atoms with Gasteiger partial charge in [-0.25, -0.2) is 12.2 Å². The van der Waals surface area contributed by atoms with E-state index in [9.17, 15) is 0 Å². The van der Waals surface area contributed by atoms with Gasteiger partial charge in [-0.15, -0.1) is 57.7 Å². The molecule has 1 aromatic heterocycles. The summed E-state index contributed by atoms with van der Waals surface area (Å²) in [5, 5.41) is 11.4. The van der Waals surface area contributed by atoms with E-state index in [1.807, 2.05) is 48.6 Å². The van der Waals surface area contributed by atoms with Crippen LogP contribution in [-0.4, -0.2) is 15.0 Å². The first-order valence-electron chi connectivity index (χ1n) is 7.60. The third-order valence-corrected chi connectivity index (χ3v) is 3.71. The number of halogens is 2. The topological polar surface area (TPSA) is 30.7 Å². The molecule has 0 bridgehead atoms. The van der Waals surface area contributed by atoms with Crippen LogP contribution in [0.15, 0.2) is 78.9 Å². The van der Waals surface area contributed by atoms with Crippen LogP contribution in [0.4, 0.5) is 0 Å². The second-order valence-corrected chi connectivity index (χ2v) is 5.32. The first-order valence-corrected chi connectivity index (χ1v) is 7.60. The van der Waals surface area contributed by atoms with Crippen LogP contribution in [0.2, 0.25) is 0 Å². The number of fused-ring (bicyclic) bond motifs is 2. The molecule has 0 spiro atoms. The van der Waals surface area contributed by atoms with Crippen molar-refractivity contribution >= 4 is 21.8 Å². The number of hydrogen-bond donors (Lipinski definition) is 0. The van der Waals surface area contributed by atoms with Crippen LogP contribution in [0.25, 0.3) is 27.5 Å². The molecule has 3 nitrogen and oxygen atoms in total. The first kappa shape index (κ1) is 22.4. The van der Waals surface area contributed by atoms with Gasteiger partial charge in [-0.2, -0.15) is 10.9 Å². The molecule has 128 valence electrons. The molecule has 4 aromatic rings. The van der Waals surface area contributed by atoms with E-state index in [1.165, 1.54) is 10.8 Å². The second-order valence-electron chi connectivity index (χ2n) is 5.32. The van der Waals surface area contributed by atoms with Gasteiger partial charge in [0.15, 0.2) is 0 Å². The average Bonchev–Trinajstić information content (AvgIpc) is 3.33. The van der Waals surface area contributed by atoms with Crippen molar-refractivity contribution in [1.82, 2.24) is 15.0 Å². The van der Waals surface area contributed by atoms with Crippen molar-refractivity contribution in [2.45, 2.75) is 6.42 Å². The molecule has 0 atom stereocenters. The first-order chi connectivity index (χ1) is 11.4. The SMILES string of the molecule is [C-]1=CC=CC1.[Cl-].[Cl-].[Hf+4].c1ccc2[cH-]c(-n3nc4ccccc4n3)cc2c1. The molecule has 1 aliphatic carbocycles. The Morgan fingerprint density at radius 1 is 0.923 bits per heavy atom. The summed E-state index contributed by atoms with van der Waals surface area (Å²) in [6, 6.07) is 20.4. The van der Waals surface area contributed by atoms with Crippen LogP contribution >= 0.6 is 0 Å². The van der Waals surface area contributed by atoms with Crippen LogP contribution < -0.4 is 24.8 Å². The fourth-order valence-electron chi connectivity index (χ4n) is 2.56. The zero-order chi connectivity index (χ0) is 15.5. The molecule has 0 saturated carbocycles. The number of nitrogens with zero attached hydrogens (tertiary/aromatic N) is 3. The Hall–Kier alpha value is -1.62. The molecule has 0 fully saturated rings. The summed E-state index contributed by atoms with van der Waals surface area (Å²) in [5.74, 6) is 0. The van der Waals surface area contributed by atoms with E-state index in [1.54, 1.807) is 4.80 Å². The quantitative estimate of drug-likeness (QED) is 0.217. The predicted molar refractivity (Wildman–Crippen MR) is 93.5 cm³/mol. The smallest absolute Gasteiger partial charge is 1.00 e. The molecule has 26 heavy (non-hydrogen) atoms. The predicted octanol–water partition coefficient (Wildman–Crippen LogP) is -1.40. The van der Waals surface area contributed by atoms with Gasteiger partial charge in [-0.1, -0.05) is 18.2 Å². The second kappa shape index (κ2) is 10.5. The van der Waals surface area contributed by atoms with E-state index in [-0.39, 0.29) is 50.7 Å². The Labute approximate surface area is 183 Å². The third kappa shape index (κ3) is 4.97. The van der Waals surface area contributed by atoms with Crippen LogP contribution in [0, 0.1) is 6.08 Å². The summed E-state index contributed by atoms with van der Waals surface area (Å²) in [6.45, 7) is 0. The zero-order valence-electron chi connectivity index (χ0n) is 13.8. The van der Waals surface area contributed by atoms with Gasteiger partial charge in [-0.3, -0.25) is 6.08 Å². The Morgan fingerprint density at radius 2 is 1.58 bits per heavy atom. The van der Waals surface area contributed by atoms with Crippen molar-refractivity contribution in [1.29, 1.82) is 0 Å². The summed E-state index contributed by atoms with van der Waals surface area (Å²) >= 11 is 0. The number of rotatable bonds is 1. The van der Waals surface area contributed by atoms with E-state index in [0.717, 1.165) is 23.1 Å². The van der Waals surface area contributed by atoms with Gasteiger partial charge < -0.3 is 24.8 Å². The summed E-state index contributed by atoms with van der Waals surface area (Å²) in [7, 11) is 0. The van der Waals surface area contributed by atoms with Gasteiger partial charge in [-0.05, 0) is 17.8 Å². The fourth-order valence-corrected chi connectivity index (χ4v) is 2.56. The van der Waals surface area contributed by atoms with Gasteiger partial charge in [0.2, 0.25) is 0 Å². The molecule has 1 aliphatic rings. The maximum Gasteiger partial charge on any atom is 4.00 e. The van der Waals surface area contributed by atoms with Crippen molar-refractivity contribution in [2.24, 2.45) is 0 Å². The van der Waals surface area contributed by atoms with E-state index < -0.39 is 0 Å². The average molecular weight is 547 g/mol. The largest absolute Gasteiger partial charge is 4.00 e. The number of benzene rings is 2. The van der Waals surface area contributed by atoms with Gasteiger partial charge in [0, 0.05) is 0 Å². The minimum atomic E-state index is 0. The van der Waals surface area contributed by atoms with Crippen LogP contribution in [-0.2, 0) is 25.8 Å². The van der Waals surface area contributed by atoms with Gasteiger partial charge >= 0.3 is 25.8 Å². The van der Waals surface area contributed by atoms with E-state index in [2.05, 4.69) is 46.6 Å². The minimum absolute atomic E-state index is 0. The van der Waals surface area contributed by atoms with Crippen LogP contribution in [0.5, 0.6) is 0 Å². The molecule has 0 N–H and O–H groups in total. The van der Waals surface area contributed by atoms with Gasteiger partial charge in [0.1, 0.15) is 11.0 Å². The molecule has 1 heterocycles. The van der Waals surface area contributed by atoms with Crippen molar-refractivity contribution < 1.29 is 50.7 Å². The minimum Gasteiger partial charge on any atom is -1.00 e. The van der Waals surface area contributed by atoms with Crippen LogP contribution in [0.3, 0.4) is 0 Å². The van der Waals surface area contributed by atoms with Crippen molar-refractivity contribution in [2.75, 3.05) is 0 Å². The third-order valence-electron chi connectivity index (χ3n) is 3.71. The normalized spacial score (nSPS) is 11.2. The van der Waals surface area contributed by atoms with Crippen molar-refractivity contribution in [3.05, 3.63) is 85.0 Å². The monoisotopic (exact) mass is 547 g/mol. The van der Waals surface area contributed by atoms with E-state index in [0.29, 0.717) is 0 Å². The van der Waals surface area contributed by atoms with Crippen molar-refractivity contribution in [3.63, 3.8) is 0 Å². The molecule has 0 aliphatic heterocycles. The fraction of sp³-hybridized carbons (Fsp3) is 0.0500. The molecule has 0 unspecified atom stereocenters. The zero-order valence-corrected chi connectivity index (χ0v) is 18.9. The van der Waals surface area contributed by atoms with Crippen LogP contribution in [0.1, 0.15) is 6.42 Å². The molecular formula is C20H15Cl2HfN3. The molecule has 3 aromatic carbocycles. The maximum atomic E-state index is 4.48. The molecule has 6 heteroatoms. The number of hydrogen-bond acceptors (Lipinski definition) is 2. The Morgan fingerprint density at radius 3 is 2.12 bits per heavy atom. The van der Waals surface area contributed by atoms with E-state index in [4.69, 9.17) is 0 Å². The Bertz CT molecular complexity index is 870. The summed E-state index contributed by atoms with van der Waals surface area (Å²) in [6.07, 6.45) is 10.0. The molecule has 0 saturated heterocycles. The molecular weight excluding hydrogens is 532 g/mol. The van der Waals surface area contributed by atoms with Crippen molar-refractivity contribution in [3.8, 4) is 5.69 Å². The summed E-state index contributed by atoms with van der Waals surface area (Å²) in [4.78, 5) is 1.70. The molecule has 5 rings (SSSR count). The summed E-state index contributed by atoms with van der Waals surface area (Å²) < 4.78 is 0. The number of allylic oxidation sites excluding steroid dienone is 4. The summed E-state index contributed by atoms with van der Waals surface area (Å²) in [5.41, 5.74) is 2.85. The van der Waals surface area contributed by atoms with Gasteiger partial charge in [0.25, 0.3) is 0 Å².